The van der Waals surface area contributed by atoms with Gasteiger partial charge < -0.3 is 20.6 Å². The van der Waals surface area contributed by atoms with E-state index in [0.717, 1.165) is 4.90 Å². The number of nitrogens with zero attached hydrogens (tertiary/aromatic N) is 5. The summed E-state index contributed by atoms with van der Waals surface area (Å²) in [6, 6.07) is 5.89. The van der Waals surface area contributed by atoms with Crippen LogP contribution in [0.4, 0.5) is 11.5 Å². The number of carbonyl (C=O) groups is 3. The van der Waals surface area contributed by atoms with E-state index in [1.54, 1.807) is 0 Å². The molecule has 2 aliphatic heterocycles. The molecule has 1 aromatic carbocycles. The minimum absolute atomic E-state index is 0.0993. The van der Waals surface area contributed by atoms with Gasteiger partial charge in [0.25, 0.3) is 17.5 Å². The van der Waals surface area contributed by atoms with Gasteiger partial charge in [0.1, 0.15) is 36.6 Å². The van der Waals surface area contributed by atoms with Gasteiger partial charge in [-0.3, -0.25) is 24.6 Å². The van der Waals surface area contributed by atoms with Gasteiger partial charge in [-0.15, -0.1) is 11.8 Å². The van der Waals surface area contributed by atoms with Crippen molar-refractivity contribution in [2.45, 2.75) is 18.0 Å². The first-order chi connectivity index (χ1) is 17.7. The van der Waals surface area contributed by atoms with Gasteiger partial charge in [0.05, 0.1) is 9.96 Å². The largest absolute Gasteiger partial charge is 0.456 e. The summed E-state index contributed by atoms with van der Waals surface area (Å²) >= 11 is 7.50. The number of nitro benzene ring substituents is 1. The van der Waals surface area contributed by atoms with Gasteiger partial charge in [0.15, 0.2) is 5.82 Å². The number of nitrogen functional groups attached to an aromatic ring is 1. The Balaban J connectivity index is 1.43. The molecule has 0 bridgehead atoms. The first-order valence-corrected chi connectivity index (χ1v) is 11.9. The summed E-state index contributed by atoms with van der Waals surface area (Å²) in [4.78, 5) is 62.6. The van der Waals surface area contributed by atoms with Crippen molar-refractivity contribution in [2.75, 3.05) is 18.6 Å². The van der Waals surface area contributed by atoms with Gasteiger partial charge in [0, 0.05) is 24.1 Å². The molecule has 16 heteroatoms. The van der Waals surface area contributed by atoms with Crippen molar-refractivity contribution in [1.29, 1.82) is 0 Å². The van der Waals surface area contributed by atoms with Crippen molar-refractivity contribution in [1.82, 2.24) is 20.2 Å². The number of anilines is 1. The highest BCUT2D eigenvalue weighted by molar-refractivity contribution is 8.00. The molecule has 0 saturated carbocycles. The zero-order chi connectivity index (χ0) is 26.7. The summed E-state index contributed by atoms with van der Waals surface area (Å²) in [5, 5.41) is 16.5. The van der Waals surface area contributed by atoms with E-state index in [4.69, 9.17) is 26.9 Å². The monoisotopic (exact) mass is 547 g/mol. The van der Waals surface area contributed by atoms with Crippen molar-refractivity contribution in [2.24, 2.45) is 5.16 Å². The third-order valence-corrected chi connectivity index (χ3v) is 6.96. The Kier molecular flexibility index (Phi) is 7.54. The van der Waals surface area contributed by atoms with E-state index in [-0.39, 0.29) is 46.1 Å². The second kappa shape index (κ2) is 10.8. The minimum Gasteiger partial charge on any atom is -0.456 e. The van der Waals surface area contributed by atoms with Crippen LogP contribution < -0.4 is 11.1 Å². The summed E-state index contributed by atoms with van der Waals surface area (Å²) in [5.41, 5.74) is 5.62. The number of oxime groups is 1. The molecule has 2 aromatic rings. The molecule has 192 valence electrons. The third-order valence-electron chi connectivity index (χ3n) is 5.21. The number of hydrogen-bond donors (Lipinski definition) is 2. The van der Waals surface area contributed by atoms with Crippen LogP contribution in [0.5, 0.6) is 0 Å². The molecule has 0 aliphatic carbocycles. The molecule has 1 unspecified atom stereocenters. The normalized spacial score (nSPS) is 19.0. The highest BCUT2D eigenvalue weighted by atomic mass is 35.5. The summed E-state index contributed by atoms with van der Waals surface area (Å²) in [6.07, 6.45) is 1.34. The fourth-order valence-corrected chi connectivity index (χ4v) is 5.02. The Bertz CT molecular complexity index is 1330. The molecular weight excluding hydrogens is 530 g/mol. The highest BCUT2D eigenvalue weighted by Gasteiger charge is 2.54. The molecule has 1 saturated heterocycles. The Morgan fingerprint density at radius 2 is 2.08 bits per heavy atom. The number of carbonyl (C=O) groups excluding carboxylic acids is 3. The van der Waals surface area contributed by atoms with Crippen molar-refractivity contribution >= 4 is 58.4 Å². The third kappa shape index (κ3) is 5.31. The first kappa shape index (κ1) is 25.8. The number of nitro groups is 1. The number of esters is 1. The molecule has 2 aliphatic rings. The molecule has 4 rings (SSSR count). The number of benzene rings is 1. The number of non-ortho nitro benzene ring substituents is 1. The van der Waals surface area contributed by atoms with Crippen molar-refractivity contribution < 1.29 is 28.9 Å². The Morgan fingerprint density at radius 3 is 2.73 bits per heavy atom. The van der Waals surface area contributed by atoms with Gasteiger partial charge in [-0.2, -0.15) is 0 Å². The predicted octanol–water partition coefficient (Wildman–Crippen LogP) is 0.911. The number of thioether (sulfide) groups is 1. The zero-order valence-corrected chi connectivity index (χ0v) is 20.6. The number of nitrogens with two attached hydrogens (primary N) is 1. The van der Waals surface area contributed by atoms with Crippen LogP contribution in [0.15, 0.2) is 52.4 Å². The minimum atomic E-state index is -0.997. The lowest BCUT2D eigenvalue weighted by molar-refractivity contribution is -0.384. The maximum atomic E-state index is 12.9. The van der Waals surface area contributed by atoms with Crippen LogP contribution in [-0.4, -0.2) is 67.6 Å². The van der Waals surface area contributed by atoms with Crippen LogP contribution in [0.2, 0.25) is 0 Å². The molecule has 37 heavy (non-hydrogen) atoms. The summed E-state index contributed by atoms with van der Waals surface area (Å²) < 4.78 is 5.29. The van der Waals surface area contributed by atoms with Gasteiger partial charge in [0.2, 0.25) is 5.71 Å². The number of ether oxygens (including phenoxy) is 1. The number of fused-ring (bicyclic) bond motifs is 1. The van der Waals surface area contributed by atoms with Crippen LogP contribution in [0.25, 0.3) is 0 Å². The first-order valence-electron chi connectivity index (χ1n) is 10.5. The molecule has 3 heterocycles. The molecule has 14 nitrogen and oxygen atoms in total. The van der Waals surface area contributed by atoms with Crippen molar-refractivity contribution in [3.63, 3.8) is 0 Å². The molecule has 1 aromatic heterocycles. The second-order valence-corrected chi connectivity index (χ2v) is 9.10. The zero-order valence-electron chi connectivity index (χ0n) is 19.0. The number of aromatic nitrogens is 2. The van der Waals surface area contributed by atoms with E-state index in [9.17, 15) is 24.5 Å². The van der Waals surface area contributed by atoms with Gasteiger partial charge >= 0.3 is 5.97 Å². The summed E-state index contributed by atoms with van der Waals surface area (Å²) in [7, 11) is 1.23. The second-order valence-electron chi connectivity index (χ2n) is 7.54. The lowest BCUT2D eigenvalue weighted by atomic mass is 10.0. The summed E-state index contributed by atoms with van der Waals surface area (Å²) in [6.45, 7) is -0.193. The predicted molar refractivity (Wildman–Crippen MR) is 131 cm³/mol. The van der Waals surface area contributed by atoms with E-state index in [1.807, 2.05) is 0 Å². The topological polar surface area (TPSA) is 192 Å². The lowest BCUT2D eigenvalue weighted by Crippen LogP contribution is -2.71. The number of halogens is 1. The SMILES string of the molecule is CON=C(C(=O)NC1C(=O)N2C(C(=O)OCc3ccc([N+](=O)[O-])cc3)=C(Cl)CS[C@@H]12)c1nccc(N)n1. The molecular formula is C21H18ClN7O7S. The molecule has 0 radical (unpaired) electrons. The van der Waals surface area contributed by atoms with Gasteiger partial charge in [-0.25, -0.2) is 14.8 Å². The Morgan fingerprint density at radius 1 is 1.35 bits per heavy atom. The van der Waals surface area contributed by atoms with Crippen LogP contribution in [-0.2, 0) is 30.6 Å². The average Bonchev–Trinajstić information content (AvgIpc) is 2.88. The number of amides is 2. The maximum absolute atomic E-state index is 12.9. The van der Waals surface area contributed by atoms with Crippen LogP contribution in [0.3, 0.4) is 0 Å². The van der Waals surface area contributed by atoms with E-state index in [0.29, 0.717) is 5.56 Å². The van der Waals surface area contributed by atoms with Crippen LogP contribution in [0, 0.1) is 10.1 Å². The van der Waals surface area contributed by atoms with E-state index < -0.39 is 34.1 Å². The fraction of sp³-hybridized carbons (Fsp3) is 0.238. The lowest BCUT2D eigenvalue weighted by Gasteiger charge is -2.49. The average molecular weight is 548 g/mol. The molecule has 2 atom stereocenters. The summed E-state index contributed by atoms with van der Waals surface area (Å²) in [5.74, 6) is -2.02. The number of hydrogen-bond acceptors (Lipinski definition) is 12. The van der Waals surface area contributed by atoms with Crippen LogP contribution >= 0.6 is 23.4 Å². The Labute approximate surface area is 218 Å². The van der Waals surface area contributed by atoms with Crippen molar-refractivity contribution in [3.8, 4) is 0 Å². The molecule has 1 fully saturated rings. The fourth-order valence-electron chi connectivity index (χ4n) is 3.47. The van der Waals surface area contributed by atoms with Gasteiger partial charge in [-0.1, -0.05) is 16.8 Å². The van der Waals surface area contributed by atoms with Gasteiger partial charge in [-0.05, 0) is 23.8 Å². The van der Waals surface area contributed by atoms with Crippen molar-refractivity contribution in [3.05, 3.63) is 68.8 Å². The van der Waals surface area contributed by atoms with E-state index in [2.05, 4.69) is 20.4 Å². The maximum Gasteiger partial charge on any atom is 0.356 e. The van der Waals surface area contributed by atoms with Crippen LogP contribution in [0.1, 0.15) is 11.4 Å². The standard InChI is InChI=1S/C21H18ClN7O7S/c1-35-27-14(17-24-7-6-13(23)25-17)18(30)26-15-19(31)28-16(12(22)9-37-20(15)28)21(32)36-8-10-2-4-11(5-3-10)29(33)34/h2-7,15,20H,8-9H2,1H3,(H,26,30)(H2,23,24,25)/t15?,20-/m0/s1. The smallest absolute Gasteiger partial charge is 0.356 e. The number of β-lactam (4-membered cyclic amide) rings is 1. The number of nitrogens with one attached hydrogen (secondary N) is 1. The molecule has 3 N–H and O–H groups in total. The highest BCUT2D eigenvalue weighted by Crippen LogP contribution is 2.41. The van der Waals surface area contributed by atoms with E-state index in [1.165, 1.54) is 55.4 Å². The molecule has 0 spiro atoms. The van der Waals surface area contributed by atoms with E-state index >= 15 is 0 Å². The number of rotatable bonds is 8. The molecule has 2 amide bonds. The quantitative estimate of drug-likeness (QED) is 0.157. The Hall–Kier alpha value is -4.24.